The van der Waals surface area contributed by atoms with Crippen LogP contribution in [0.25, 0.3) is 22.3 Å². The molecular weight excluding hydrogens is 884 g/mol. The zero-order valence-corrected chi connectivity index (χ0v) is 39.8. The number of carbonyl (C=O) groups excluding carboxylic acids is 6. The summed E-state index contributed by atoms with van der Waals surface area (Å²) in [6.45, 7) is 10.9. The SMILES string of the molecule is CCSC1CC(=O)N(CCCCCC(=O)N[C@H](C(=O)N[C@@H](C)C(=O)NCCCC(=O)N[C@H]2CCc3c(C)c(F)cc4nc5c(c2c34)Cn2c-5cc3c(c2=O)COC(=N)[C@]3(O)CC)C(C)C)C1=O. The van der Waals surface area contributed by atoms with E-state index in [9.17, 15) is 38.7 Å². The third-order valence-corrected chi connectivity index (χ3v) is 14.6. The van der Waals surface area contributed by atoms with Gasteiger partial charge in [0.2, 0.25) is 41.3 Å². The molecule has 360 valence electrons. The predicted molar refractivity (Wildman–Crippen MR) is 249 cm³/mol. The van der Waals surface area contributed by atoms with E-state index < -0.39 is 41.4 Å². The van der Waals surface area contributed by atoms with Gasteiger partial charge in [-0.1, -0.05) is 34.1 Å². The summed E-state index contributed by atoms with van der Waals surface area (Å²) in [7, 11) is 0. The zero-order valence-electron chi connectivity index (χ0n) is 39.0. The number of aliphatic hydroxyl groups is 1. The average Bonchev–Trinajstić information content (AvgIpc) is 3.79. The quantitative estimate of drug-likeness (QED) is 0.0579. The van der Waals surface area contributed by atoms with Crippen molar-refractivity contribution in [2.24, 2.45) is 5.92 Å². The van der Waals surface area contributed by atoms with Crippen molar-refractivity contribution in [1.29, 1.82) is 5.41 Å². The van der Waals surface area contributed by atoms with Gasteiger partial charge in [0.05, 0.1) is 40.3 Å². The molecule has 3 aliphatic heterocycles. The lowest BCUT2D eigenvalue weighted by Crippen LogP contribution is -2.54. The largest absolute Gasteiger partial charge is 0.474 e. The van der Waals surface area contributed by atoms with Crippen LogP contribution in [0.5, 0.6) is 0 Å². The van der Waals surface area contributed by atoms with Crippen molar-refractivity contribution in [2.75, 3.05) is 18.8 Å². The molecule has 67 heavy (non-hydrogen) atoms. The molecule has 0 radical (unpaired) electrons. The smallest absolute Gasteiger partial charge is 0.258 e. The highest BCUT2D eigenvalue weighted by atomic mass is 32.2. The van der Waals surface area contributed by atoms with Crippen LogP contribution < -0.4 is 26.8 Å². The fourth-order valence-electron chi connectivity index (χ4n) is 9.71. The summed E-state index contributed by atoms with van der Waals surface area (Å²) in [5, 5.41) is 31.6. The first-order chi connectivity index (χ1) is 31.9. The number of thioether (sulfide) groups is 1. The van der Waals surface area contributed by atoms with Crippen molar-refractivity contribution < 1.29 is 43.0 Å². The number of carbonyl (C=O) groups is 6. The molecule has 1 saturated heterocycles. The Morgan fingerprint density at radius 3 is 2.46 bits per heavy atom. The summed E-state index contributed by atoms with van der Waals surface area (Å²) < 4.78 is 22.4. The summed E-state index contributed by atoms with van der Waals surface area (Å²) in [6, 6.07) is 0.733. The standard InChI is InChI=1S/C48H61FN8O9S/c1-7-48(65)30-19-34-42-28(22-57(34)45(63)29(30)23-66-47(48)50)40-32(16-15-27-25(5)31(49)20-33(54-42)39(27)40)53-36(58)14-12-17-51-43(61)26(6)52-44(62)41(24(3)4)55-37(59)13-10-9-11-18-56-38(60)21-35(46(56)64)67-8-2/h19-20,24,26,32,35,41,50,65H,7-18,21-23H2,1-6H3,(H,51,61)(H,52,62)(H,53,58)(H,55,59)/t26-,32-,35?,41-,48-/m0/s1. The van der Waals surface area contributed by atoms with Gasteiger partial charge in [0.25, 0.3) is 5.56 Å². The second kappa shape index (κ2) is 20.3. The molecule has 5 atom stereocenters. The van der Waals surface area contributed by atoms with Crippen molar-refractivity contribution in [3.8, 4) is 11.4 Å². The number of amides is 6. The topological polar surface area (TPSA) is 242 Å². The molecule has 6 N–H and O–H groups in total. The van der Waals surface area contributed by atoms with Crippen molar-refractivity contribution in [3.63, 3.8) is 0 Å². The summed E-state index contributed by atoms with van der Waals surface area (Å²) in [5.41, 5.74) is 2.38. The number of aromatic nitrogens is 2. The molecule has 7 rings (SSSR count). The van der Waals surface area contributed by atoms with Crippen LogP contribution >= 0.6 is 11.8 Å². The number of aryl methyl sites for hydroxylation is 1. The third-order valence-electron chi connectivity index (χ3n) is 13.5. The van der Waals surface area contributed by atoms with E-state index in [-0.39, 0.29) is 109 Å². The lowest BCUT2D eigenvalue weighted by molar-refractivity contribution is -0.138. The number of ether oxygens (including phenoxy) is 1. The van der Waals surface area contributed by atoms with Crippen molar-refractivity contribution >= 4 is 64.0 Å². The van der Waals surface area contributed by atoms with Crippen LogP contribution in [0.15, 0.2) is 16.9 Å². The summed E-state index contributed by atoms with van der Waals surface area (Å²) in [4.78, 5) is 97.6. The Hall–Kier alpha value is -5.69. The fourth-order valence-corrected chi connectivity index (χ4v) is 10.6. The first-order valence-electron chi connectivity index (χ1n) is 23.4. The van der Waals surface area contributed by atoms with Crippen LogP contribution in [0.4, 0.5) is 4.39 Å². The number of benzene rings is 1. The molecule has 17 nitrogen and oxygen atoms in total. The number of unbranched alkanes of at least 4 members (excludes halogenated alkanes) is 2. The van der Waals surface area contributed by atoms with Crippen LogP contribution in [0.2, 0.25) is 0 Å². The Kier molecular flexibility index (Phi) is 14.9. The number of hydrogen-bond acceptors (Lipinski definition) is 12. The molecule has 1 aliphatic carbocycles. The number of halogens is 1. The minimum atomic E-state index is -1.80. The van der Waals surface area contributed by atoms with E-state index in [0.29, 0.717) is 66.7 Å². The molecule has 0 saturated carbocycles. The Morgan fingerprint density at radius 2 is 1.75 bits per heavy atom. The Balaban J connectivity index is 0.916. The van der Waals surface area contributed by atoms with Crippen molar-refractivity contribution in [1.82, 2.24) is 35.7 Å². The molecule has 0 spiro atoms. The van der Waals surface area contributed by atoms with Crippen LogP contribution in [0.1, 0.15) is 132 Å². The minimum absolute atomic E-state index is 0.0613. The van der Waals surface area contributed by atoms with Gasteiger partial charge in [-0.15, -0.1) is 11.8 Å². The number of nitrogens with one attached hydrogen (secondary N) is 5. The maximum absolute atomic E-state index is 15.4. The van der Waals surface area contributed by atoms with Gasteiger partial charge < -0.3 is 35.7 Å². The lowest BCUT2D eigenvalue weighted by Gasteiger charge is -2.33. The van der Waals surface area contributed by atoms with Gasteiger partial charge in [-0.3, -0.25) is 43.9 Å². The molecule has 1 aromatic carbocycles. The molecule has 0 bridgehead atoms. The Labute approximate surface area is 392 Å². The second-order valence-electron chi connectivity index (χ2n) is 18.3. The number of rotatable bonds is 19. The van der Waals surface area contributed by atoms with Crippen molar-refractivity contribution in [2.45, 2.75) is 148 Å². The molecule has 1 unspecified atom stereocenters. The van der Waals surface area contributed by atoms with E-state index in [4.69, 9.17) is 15.1 Å². The Morgan fingerprint density at radius 1 is 1.00 bits per heavy atom. The summed E-state index contributed by atoms with van der Waals surface area (Å²) in [6.07, 6.45) is 3.49. The van der Waals surface area contributed by atoms with E-state index in [1.54, 1.807) is 38.3 Å². The van der Waals surface area contributed by atoms with Gasteiger partial charge >= 0.3 is 0 Å². The van der Waals surface area contributed by atoms with E-state index in [1.807, 2.05) is 6.92 Å². The molecular formula is C48H61FN8O9S. The highest BCUT2D eigenvalue weighted by Gasteiger charge is 2.44. The van der Waals surface area contributed by atoms with Gasteiger partial charge in [-0.2, -0.15) is 0 Å². The van der Waals surface area contributed by atoms with E-state index in [0.717, 1.165) is 22.3 Å². The highest BCUT2D eigenvalue weighted by molar-refractivity contribution is 8.00. The first-order valence-corrected chi connectivity index (χ1v) is 24.4. The number of fused-ring (bicyclic) bond motifs is 5. The van der Waals surface area contributed by atoms with Gasteiger partial charge in [-0.05, 0) is 86.8 Å². The number of nitrogens with zero attached hydrogens (tertiary/aromatic N) is 3. The zero-order chi connectivity index (χ0) is 48.5. The number of pyridine rings is 2. The van der Waals surface area contributed by atoms with Crippen LogP contribution in [-0.4, -0.2) is 97.1 Å². The molecule has 3 aromatic rings. The highest BCUT2D eigenvalue weighted by Crippen LogP contribution is 2.46. The van der Waals surface area contributed by atoms with E-state index in [1.165, 1.54) is 29.7 Å². The van der Waals surface area contributed by atoms with Crippen LogP contribution in [-0.2, 0) is 58.7 Å². The number of hydrogen-bond donors (Lipinski definition) is 6. The van der Waals surface area contributed by atoms with Gasteiger partial charge in [0, 0.05) is 54.9 Å². The molecule has 4 aliphatic rings. The minimum Gasteiger partial charge on any atom is -0.474 e. The molecule has 5 heterocycles. The maximum atomic E-state index is 15.4. The molecule has 2 aromatic heterocycles. The summed E-state index contributed by atoms with van der Waals surface area (Å²) in [5.74, 6) is -2.15. The first kappa shape index (κ1) is 49.2. The summed E-state index contributed by atoms with van der Waals surface area (Å²) >= 11 is 1.47. The van der Waals surface area contributed by atoms with Gasteiger partial charge in [0.15, 0.2) is 5.60 Å². The average molecular weight is 945 g/mol. The molecule has 6 amide bonds. The monoisotopic (exact) mass is 944 g/mol. The van der Waals surface area contributed by atoms with Crippen molar-refractivity contribution in [3.05, 3.63) is 61.7 Å². The predicted octanol–water partition coefficient (Wildman–Crippen LogP) is 4.06. The normalized spacial score (nSPS) is 20.3. The number of imide groups is 1. The third kappa shape index (κ3) is 9.71. The Bertz CT molecular complexity index is 2600. The van der Waals surface area contributed by atoms with Crippen LogP contribution in [0, 0.1) is 24.1 Å². The molecule has 19 heteroatoms. The maximum Gasteiger partial charge on any atom is 0.258 e. The van der Waals surface area contributed by atoms with Gasteiger partial charge in [0.1, 0.15) is 24.5 Å². The van der Waals surface area contributed by atoms with Gasteiger partial charge in [-0.25, -0.2) is 9.37 Å². The second-order valence-corrected chi connectivity index (χ2v) is 19.7. The fraction of sp³-hybridized carbons (Fsp3) is 0.562. The number of likely N-dealkylation sites (tertiary alicyclic amines) is 1. The lowest BCUT2D eigenvalue weighted by atomic mass is 9.81. The van der Waals surface area contributed by atoms with E-state index in [2.05, 4.69) is 21.3 Å². The molecule has 1 fully saturated rings. The van der Waals surface area contributed by atoms with E-state index >= 15 is 4.39 Å². The van der Waals surface area contributed by atoms with Crippen LogP contribution in [0.3, 0.4) is 0 Å².